The van der Waals surface area contributed by atoms with Crippen LogP contribution >= 0.6 is 0 Å². The number of halogens is 1. The number of fused-ring (bicyclic) bond motifs is 1. The van der Waals surface area contributed by atoms with Crippen molar-refractivity contribution in [1.29, 1.82) is 0 Å². The van der Waals surface area contributed by atoms with Gasteiger partial charge >= 0.3 is 5.69 Å². The van der Waals surface area contributed by atoms with Crippen LogP contribution in [0.25, 0.3) is 0 Å². The highest BCUT2D eigenvalue weighted by atomic mass is 19.1. The maximum atomic E-state index is 12.9. The summed E-state index contributed by atoms with van der Waals surface area (Å²) in [7, 11) is 0. The quantitative estimate of drug-likeness (QED) is 0.541. The van der Waals surface area contributed by atoms with E-state index in [1.807, 2.05) is 0 Å². The highest BCUT2D eigenvalue weighted by molar-refractivity contribution is 5.55. The Morgan fingerprint density at radius 2 is 2.36 bits per heavy atom. The van der Waals surface area contributed by atoms with Crippen molar-refractivity contribution in [3.8, 4) is 5.75 Å². The molecule has 1 aromatic rings. The van der Waals surface area contributed by atoms with Gasteiger partial charge in [0, 0.05) is 5.56 Å². The molecular weight excluding hydrogens is 191 g/mol. The van der Waals surface area contributed by atoms with Crippen molar-refractivity contribution in [2.45, 2.75) is 6.04 Å². The van der Waals surface area contributed by atoms with Crippen LogP contribution in [0.4, 0.5) is 10.1 Å². The van der Waals surface area contributed by atoms with Gasteiger partial charge in [0.2, 0.25) is 5.75 Å². The highest BCUT2D eigenvalue weighted by Crippen LogP contribution is 2.39. The summed E-state index contributed by atoms with van der Waals surface area (Å²) in [6.45, 7) is 0.152. The summed E-state index contributed by atoms with van der Waals surface area (Å²) in [4.78, 5) is 9.86. The Hall–Kier alpha value is -1.69. The maximum Gasteiger partial charge on any atom is 0.314 e. The van der Waals surface area contributed by atoms with E-state index in [2.05, 4.69) is 0 Å². The standard InChI is InChI=1S/C8H7FN2O3/c9-4-1-5-6(10)3-14-8(5)7(2-4)11(12)13/h1-2,6H,3,10H2/t6-/m0/s1. The van der Waals surface area contributed by atoms with Gasteiger partial charge in [0.25, 0.3) is 0 Å². The summed E-state index contributed by atoms with van der Waals surface area (Å²) in [5.74, 6) is -0.583. The van der Waals surface area contributed by atoms with Gasteiger partial charge in [-0.3, -0.25) is 10.1 Å². The van der Waals surface area contributed by atoms with Gasteiger partial charge in [-0.1, -0.05) is 0 Å². The lowest BCUT2D eigenvalue weighted by atomic mass is 10.1. The molecule has 6 heteroatoms. The van der Waals surface area contributed by atoms with Gasteiger partial charge in [-0.2, -0.15) is 0 Å². The Morgan fingerprint density at radius 1 is 1.64 bits per heavy atom. The van der Waals surface area contributed by atoms with E-state index in [9.17, 15) is 14.5 Å². The van der Waals surface area contributed by atoms with Crippen molar-refractivity contribution < 1.29 is 14.1 Å². The molecule has 14 heavy (non-hydrogen) atoms. The van der Waals surface area contributed by atoms with Crippen LogP contribution in [0.3, 0.4) is 0 Å². The summed E-state index contributed by atoms with van der Waals surface area (Å²) >= 11 is 0. The summed E-state index contributed by atoms with van der Waals surface area (Å²) in [6.07, 6.45) is 0. The minimum atomic E-state index is -0.681. The average Bonchev–Trinajstić information content (AvgIpc) is 2.47. The van der Waals surface area contributed by atoms with E-state index in [4.69, 9.17) is 10.5 Å². The Kier molecular flexibility index (Phi) is 1.85. The number of rotatable bonds is 1. The van der Waals surface area contributed by atoms with E-state index in [0.717, 1.165) is 6.07 Å². The van der Waals surface area contributed by atoms with E-state index >= 15 is 0 Å². The van der Waals surface area contributed by atoms with E-state index in [1.165, 1.54) is 6.07 Å². The van der Waals surface area contributed by atoms with E-state index < -0.39 is 16.8 Å². The molecule has 0 amide bonds. The molecule has 0 bridgehead atoms. The third-order valence-electron chi connectivity index (χ3n) is 2.07. The fourth-order valence-electron chi connectivity index (χ4n) is 1.43. The molecular formula is C8H7FN2O3. The minimum Gasteiger partial charge on any atom is -0.485 e. The third-order valence-corrected chi connectivity index (χ3v) is 2.07. The first kappa shape index (κ1) is 8.89. The molecule has 74 valence electrons. The zero-order valence-corrected chi connectivity index (χ0v) is 7.07. The molecule has 1 heterocycles. The van der Waals surface area contributed by atoms with E-state index in [-0.39, 0.29) is 18.0 Å². The molecule has 5 nitrogen and oxygen atoms in total. The van der Waals surface area contributed by atoms with E-state index in [0.29, 0.717) is 5.56 Å². The van der Waals surface area contributed by atoms with Crippen LogP contribution in [-0.4, -0.2) is 11.5 Å². The van der Waals surface area contributed by atoms with Crippen molar-refractivity contribution in [3.05, 3.63) is 33.6 Å². The Morgan fingerprint density at radius 3 is 3.00 bits per heavy atom. The molecule has 2 rings (SSSR count). The molecule has 0 saturated heterocycles. The molecule has 2 N–H and O–H groups in total. The molecule has 0 saturated carbocycles. The van der Waals surface area contributed by atoms with Gasteiger partial charge in [-0.15, -0.1) is 0 Å². The van der Waals surface area contributed by atoms with E-state index in [1.54, 1.807) is 0 Å². The lowest BCUT2D eigenvalue weighted by Crippen LogP contribution is -2.10. The number of nitro benzene ring substituents is 1. The predicted octanol–water partition coefficient (Wildman–Crippen LogP) is 1.13. The minimum absolute atomic E-state index is 0.0869. The van der Waals surface area contributed by atoms with Gasteiger partial charge in [-0.25, -0.2) is 4.39 Å². The second-order valence-corrected chi connectivity index (χ2v) is 3.02. The first-order valence-corrected chi connectivity index (χ1v) is 3.96. The van der Waals surface area contributed by atoms with Gasteiger partial charge in [0.15, 0.2) is 0 Å². The van der Waals surface area contributed by atoms with Crippen LogP contribution in [-0.2, 0) is 0 Å². The number of benzene rings is 1. The van der Waals surface area contributed by atoms with Crippen LogP contribution in [0.5, 0.6) is 5.75 Å². The van der Waals surface area contributed by atoms with Gasteiger partial charge in [-0.05, 0) is 6.07 Å². The maximum absolute atomic E-state index is 12.9. The van der Waals surface area contributed by atoms with Gasteiger partial charge in [0.05, 0.1) is 17.0 Å². The number of hydrogen-bond donors (Lipinski definition) is 1. The largest absolute Gasteiger partial charge is 0.485 e. The summed E-state index contributed by atoms with van der Waals surface area (Å²) < 4.78 is 18.0. The van der Waals surface area contributed by atoms with Crippen LogP contribution in [0.15, 0.2) is 12.1 Å². The lowest BCUT2D eigenvalue weighted by molar-refractivity contribution is -0.385. The fourth-order valence-corrected chi connectivity index (χ4v) is 1.43. The smallest absolute Gasteiger partial charge is 0.314 e. The lowest BCUT2D eigenvalue weighted by Gasteiger charge is -2.01. The Balaban J connectivity index is 2.63. The Bertz CT molecular complexity index is 408. The van der Waals surface area contributed by atoms with Gasteiger partial charge in [0.1, 0.15) is 12.4 Å². The van der Waals surface area contributed by atoms with Crippen LogP contribution in [0, 0.1) is 15.9 Å². The molecule has 0 spiro atoms. The second-order valence-electron chi connectivity index (χ2n) is 3.02. The number of ether oxygens (including phenoxy) is 1. The van der Waals surface area contributed by atoms with Crippen LogP contribution < -0.4 is 10.5 Å². The first-order valence-electron chi connectivity index (χ1n) is 3.96. The van der Waals surface area contributed by atoms with Crippen molar-refractivity contribution in [2.75, 3.05) is 6.61 Å². The molecule has 0 aromatic heterocycles. The molecule has 1 aliphatic heterocycles. The van der Waals surface area contributed by atoms with Crippen molar-refractivity contribution in [2.24, 2.45) is 5.73 Å². The first-order chi connectivity index (χ1) is 6.59. The van der Waals surface area contributed by atoms with Gasteiger partial charge < -0.3 is 10.5 Å². The fraction of sp³-hybridized carbons (Fsp3) is 0.250. The number of nitrogens with zero attached hydrogens (tertiary/aromatic N) is 1. The summed E-state index contributed by atoms with van der Waals surface area (Å²) in [5, 5.41) is 10.5. The van der Waals surface area contributed by atoms with Crippen molar-refractivity contribution >= 4 is 5.69 Å². The third kappa shape index (κ3) is 1.20. The molecule has 1 aromatic carbocycles. The molecule has 0 radical (unpaired) electrons. The number of nitro groups is 1. The average molecular weight is 198 g/mol. The zero-order chi connectivity index (χ0) is 10.3. The van der Waals surface area contributed by atoms with Crippen molar-refractivity contribution in [1.82, 2.24) is 0 Å². The molecule has 0 aliphatic carbocycles. The zero-order valence-electron chi connectivity index (χ0n) is 7.07. The monoisotopic (exact) mass is 198 g/mol. The predicted molar refractivity (Wildman–Crippen MR) is 45.5 cm³/mol. The Labute approximate surface area is 78.4 Å². The normalized spacial score (nSPS) is 18.9. The number of hydrogen-bond acceptors (Lipinski definition) is 4. The highest BCUT2D eigenvalue weighted by Gasteiger charge is 2.30. The molecule has 0 unspecified atom stereocenters. The second kappa shape index (κ2) is 2.91. The molecule has 0 fully saturated rings. The molecule has 1 aliphatic rings. The topological polar surface area (TPSA) is 78.4 Å². The summed E-state index contributed by atoms with van der Waals surface area (Å²) in [5.41, 5.74) is 5.56. The van der Waals surface area contributed by atoms with Crippen LogP contribution in [0.1, 0.15) is 11.6 Å². The van der Waals surface area contributed by atoms with Crippen molar-refractivity contribution in [3.63, 3.8) is 0 Å². The molecule has 1 atom stereocenters. The van der Waals surface area contributed by atoms with Crippen LogP contribution in [0.2, 0.25) is 0 Å². The number of nitrogens with two attached hydrogens (primary N) is 1. The summed E-state index contributed by atoms with van der Waals surface area (Å²) in [6, 6.07) is 1.51. The SMILES string of the molecule is N[C@H]1COc2c1cc(F)cc2[N+](=O)[O-].